The van der Waals surface area contributed by atoms with Crippen LogP contribution in [0.2, 0.25) is 0 Å². The molecule has 0 N–H and O–H groups in total. The first kappa shape index (κ1) is 30.1. The van der Waals surface area contributed by atoms with Crippen LogP contribution >= 0.6 is 0 Å². The minimum atomic E-state index is -2.22. The quantitative estimate of drug-likeness (QED) is 0.0665. The molecule has 0 amide bonds. The Bertz CT molecular complexity index is 1000. The van der Waals surface area contributed by atoms with Crippen molar-refractivity contribution in [2.45, 2.75) is 103 Å². The average molecular weight is 541 g/mol. The molecule has 1 heterocycles. The van der Waals surface area contributed by atoms with Crippen molar-refractivity contribution in [1.29, 1.82) is 0 Å². The van der Waals surface area contributed by atoms with Gasteiger partial charge >= 0.3 is 5.97 Å². The lowest BCUT2D eigenvalue weighted by atomic mass is 9.85. The van der Waals surface area contributed by atoms with Gasteiger partial charge in [0.2, 0.25) is 5.82 Å². The lowest BCUT2D eigenvalue weighted by Crippen LogP contribution is -2.48. The summed E-state index contributed by atoms with van der Waals surface area (Å²) < 4.78 is 80.5. The van der Waals surface area contributed by atoms with Crippen LogP contribution in [0.4, 0.5) is 22.0 Å². The first-order valence-corrected chi connectivity index (χ1v) is 13.7. The van der Waals surface area contributed by atoms with Crippen molar-refractivity contribution in [1.82, 2.24) is 0 Å². The van der Waals surface area contributed by atoms with Crippen LogP contribution in [0, 0.1) is 35.0 Å². The van der Waals surface area contributed by atoms with Crippen LogP contribution in [0.15, 0.2) is 30.3 Å². The van der Waals surface area contributed by atoms with E-state index in [4.69, 9.17) is 9.47 Å². The third-order valence-electron chi connectivity index (χ3n) is 7.20. The number of esters is 1. The molecule has 3 rings (SSSR count). The van der Waals surface area contributed by atoms with Gasteiger partial charge in [-0.2, -0.15) is 0 Å². The zero-order valence-electron chi connectivity index (χ0n) is 21.9. The van der Waals surface area contributed by atoms with Crippen molar-refractivity contribution in [3.8, 4) is 0 Å². The van der Waals surface area contributed by atoms with Crippen molar-refractivity contribution in [2.75, 3.05) is 0 Å². The van der Waals surface area contributed by atoms with Gasteiger partial charge in [0.1, 0.15) is 6.10 Å². The molecule has 38 heavy (non-hydrogen) atoms. The molecule has 0 aromatic heterocycles. The van der Waals surface area contributed by atoms with Crippen molar-refractivity contribution in [3.05, 3.63) is 70.5 Å². The Morgan fingerprint density at radius 3 is 1.92 bits per heavy atom. The van der Waals surface area contributed by atoms with Crippen LogP contribution in [0.5, 0.6) is 0 Å². The summed E-state index contributed by atoms with van der Waals surface area (Å²) in [5.41, 5.74) is -0.0121. The Labute approximate surface area is 221 Å². The highest BCUT2D eigenvalue weighted by atomic mass is 19.2. The van der Waals surface area contributed by atoms with E-state index in [2.05, 4.69) is 6.92 Å². The Hall–Kier alpha value is -2.48. The summed E-state index contributed by atoms with van der Waals surface area (Å²) in [6.07, 6.45) is 9.89. The van der Waals surface area contributed by atoms with Gasteiger partial charge in [-0.15, -0.1) is 0 Å². The monoisotopic (exact) mass is 540 g/mol. The second-order valence-electron chi connectivity index (χ2n) is 10.1. The van der Waals surface area contributed by atoms with Crippen LogP contribution in [-0.4, -0.2) is 18.2 Å². The van der Waals surface area contributed by atoms with E-state index in [-0.39, 0.29) is 12.5 Å². The Kier molecular flexibility index (Phi) is 12.0. The van der Waals surface area contributed by atoms with Crippen molar-refractivity contribution in [3.63, 3.8) is 0 Å². The third-order valence-corrected chi connectivity index (χ3v) is 7.20. The van der Waals surface area contributed by atoms with Gasteiger partial charge in [0.05, 0.1) is 18.6 Å². The molecule has 1 aliphatic rings. The molecule has 3 atom stereocenters. The van der Waals surface area contributed by atoms with Crippen LogP contribution in [0.1, 0.15) is 88.7 Å². The number of carbonyl (C=O) groups excluding carboxylic acids is 1. The zero-order chi connectivity index (χ0) is 27.5. The van der Waals surface area contributed by atoms with Crippen LogP contribution in [0.3, 0.4) is 0 Å². The standard InChI is InChI=1S/C30H37F5O3/c1-2-3-4-5-6-7-8-9-13-16-21(37-19-20-14-11-10-12-15-20)17-24-22(30(36)38-24)18-23-25(31)27(33)29(35)28(34)26(23)32/h10-12,14-15,21-22,24H,2-9,13,16-19H2,1H3/t21-,22-,24-/m0/s1. The van der Waals surface area contributed by atoms with Gasteiger partial charge in [-0.25, -0.2) is 22.0 Å². The number of ether oxygens (including phenoxy) is 2. The number of hydrogen-bond donors (Lipinski definition) is 0. The zero-order valence-corrected chi connectivity index (χ0v) is 21.9. The molecular formula is C30H37F5O3. The van der Waals surface area contributed by atoms with Gasteiger partial charge in [-0.3, -0.25) is 4.79 Å². The first-order chi connectivity index (χ1) is 18.3. The normalized spacial score (nSPS) is 17.8. The van der Waals surface area contributed by atoms with Gasteiger partial charge in [-0.1, -0.05) is 95.0 Å². The molecular weight excluding hydrogens is 503 g/mol. The summed E-state index contributed by atoms with van der Waals surface area (Å²) in [7, 11) is 0. The fourth-order valence-corrected chi connectivity index (χ4v) is 4.87. The maximum Gasteiger partial charge on any atom is 0.313 e. The van der Waals surface area contributed by atoms with Gasteiger partial charge < -0.3 is 9.47 Å². The van der Waals surface area contributed by atoms with Crippen molar-refractivity contribution < 1.29 is 36.2 Å². The van der Waals surface area contributed by atoms with E-state index >= 15 is 0 Å². The van der Waals surface area contributed by atoms with E-state index in [9.17, 15) is 26.7 Å². The number of carbonyl (C=O) groups is 1. The molecule has 1 aliphatic heterocycles. The molecule has 0 spiro atoms. The van der Waals surface area contributed by atoms with E-state index < -0.39 is 59.1 Å². The summed E-state index contributed by atoms with van der Waals surface area (Å²) in [5.74, 6) is -11.8. The Morgan fingerprint density at radius 2 is 1.34 bits per heavy atom. The van der Waals surface area contributed by atoms with Crippen LogP contribution < -0.4 is 0 Å². The summed E-state index contributed by atoms with van der Waals surface area (Å²) in [6.45, 7) is 2.55. The largest absolute Gasteiger partial charge is 0.461 e. The second kappa shape index (κ2) is 15.2. The topological polar surface area (TPSA) is 35.5 Å². The second-order valence-corrected chi connectivity index (χ2v) is 10.1. The maximum atomic E-state index is 14.2. The van der Waals surface area contributed by atoms with Crippen LogP contribution in [-0.2, 0) is 27.3 Å². The van der Waals surface area contributed by atoms with E-state index in [0.29, 0.717) is 13.0 Å². The minimum Gasteiger partial charge on any atom is -0.461 e. The van der Waals surface area contributed by atoms with Gasteiger partial charge in [0, 0.05) is 12.0 Å². The molecule has 0 saturated carbocycles. The number of cyclic esters (lactones) is 1. The predicted molar refractivity (Wildman–Crippen MR) is 135 cm³/mol. The molecule has 2 aromatic rings. The molecule has 3 nitrogen and oxygen atoms in total. The molecule has 210 valence electrons. The summed E-state index contributed by atoms with van der Waals surface area (Å²) >= 11 is 0. The molecule has 0 aliphatic carbocycles. The number of benzene rings is 2. The highest BCUT2D eigenvalue weighted by molar-refractivity contribution is 5.79. The lowest BCUT2D eigenvalue weighted by molar-refractivity contribution is -0.189. The molecule has 1 saturated heterocycles. The summed E-state index contributed by atoms with van der Waals surface area (Å²) in [4.78, 5) is 12.1. The predicted octanol–water partition coefficient (Wildman–Crippen LogP) is 8.36. The van der Waals surface area contributed by atoms with Crippen molar-refractivity contribution in [2.24, 2.45) is 5.92 Å². The third kappa shape index (κ3) is 8.26. The maximum absolute atomic E-state index is 14.2. The van der Waals surface area contributed by atoms with E-state index in [0.717, 1.165) is 24.8 Å². The lowest BCUT2D eigenvalue weighted by Gasteiger charge is -2.37. The van der Waals surface area contributed by atoms with E-state index in [1.165, 1.54) is 38.5 Å². The molecule has 0 radical (unpaired) electrons. The fraction of sp³-hybridized carbons (Fsp3) is 0.567. The van der Waals surface area contributed by atoms with Gasteiger partial charge in [-0.05, 0) is 18.4 Å². The van der Waals surface area contributed by atoms with Gasteiger partial charge in [0.15, 0.2) is 23.3 Å². The SMILES string of the molecule is CCCCCCCCCCC[C@@H](C[C@@H]1OC(=O)[C@H]1Cc1c(F)c(F)c(F)c(F)c1F)OCc1ccccc1. The highest BCUT2D eigenvalue weighted by Crippen LogP contribution is 2.34. The van der Waals surface area contributed by atoms with E-state index in [1.807, 2.05) is 30.3 Å². The van der Waals surface area contributed by atoms with E-state index in [1.54, 1.807) is 0 Å². The molecule has 2 aromatic carbocycles. The smallest absolute Gasteiger partial charge is 0.313 e. The molecule has 8 heteroatoms. The number of halogens is 5. The fourth-order valence-electron chi connectivity index (χ4n) is 4.87. The Morgan fingerprint density at radius 1 is 0.789 bits per heavy atom. The first-order valence-electron chi connectivity index (χ1n) is 13.7. The Balaban J connectivity index is 1.57. The minimum absolute atomic E-state index is 0.281. The molecule has 0 bridgehead atoms. The number of rotatable bonds is 17. The summed E-state index contributed by atoms with van der Waals surface area (Å²) in [6, 6.07) is 9.58. The van der Waals surface area contributed by atoms with Gasteiger partial charge in [0.25, 0.3) is 0 Å². The molecule has 1 fully saturated rings. The average Bonchev–Trinajstić information content (AvgIpc) is 2.92. The number of hydrogen-bond acceptors (Lipinski definition) is 3. The molecule has 0 unspecified atom stereocenters. The van der Waals surface area contributed by atoms with Crippen molar-refractivity contribution >= 4 is 5.97 Å². The summed E-state index contributed by atoms with van der Waals surface area (Å²) in [5, 5.41) is 0. The number of unbranched alkanes of at least 4 members (excludes halogenated alkanes) is 8. The highest BCUT2D eigenvalue weighted by Gasteiger charge is 2.45. The van der Waals surface area contributed by atoms with Crippen LogP contribution in [0.25, 0.3) is 0 Å².